The number of aldehydes is 2. The van der Waals surface area contributed by atoms with Crippen LogP contribution in [0.25, 0.3) is 11.1 Å². The summed E-state index contributed by atoms with van der Waals surface area (Å²) < 4.78 is 11.9. The fraction of sp³-hybridized carbons (Fsp3) is 0.440. The maximum Gasteiger partial charge on any atom is 0.150 e. The highest BCUT2D eigenvalue weighted by Crippen LogP contribution is 2.40. The van der Waals surface area contributed by atoms with Gasteiger partial charge in [0.15, 0.2) is 12.6 Å². The number of ether oxygens (including phenoxy) is 2. The molecule has 0 aliphatic carbocycles. The van der Waals surface area contributed by atoms with Crippen molar-refractivity contribution in [3.63, 3.8) is 0 Å². The Morgan fingerprint density at radius 2 is 1.35 bits per heavy atom. The second-order valence-corrected chi connectivity index (χ2v) is 7.71. The second kappa shape index (κ2) is 12.2. The van der Waals surface area contributed by atoms with Gasteiger partial charge in [-0.2, -0.15) is 0 Å². The van der Waals surface area contributed by atoms with Crippen molar-refractivity contribution >= 4 is 12.6 Å². The Morgan fingerprint density at radius 1 is 0.806 bits per heavy atom. The summed E-state index contributed by atoms with van der Waals surface area (Å²) in [4.78, 5) is 26.1. The zero-order chi connectivity index (χ0) is 21.9. The first-order valence-electron chi connectivity index (χ1n) is 11.0. The van der Waals surface area contributed by atoms with Crippen LogP contribution >= 0.6 is 0 Å². The molecular formula is C25H31NO5. The van der Waals surface area contributed by atoms with E-state index in [0.29, 0.717) is 53.4 Å². The van der Waals surface area contributed by atoms with E-state index in [1.807, 2.05) is 6.07 Å². The van der Waals surface area contributed by atoms with Gasteiger partial charge in [0.25, 0.3) is 0 Å². The number of carbonyl (C=O) groups excluding carboxylic acids is 2. The van der Waals surface area contributed by atoms with Gasteiger partial charge in [-0.05, 0) is 44.5 Å². The van der Waals surface area contributed by atoms with E-state index in [4.69, 9.17) is 14.6 Å². The second-order valence-electron chi connectivity index (χ2n) is 7.71. The molecule has 0 spiro atoms. The molecule has 3 rings (SSSR count). The molecule has 0 atom stereocenters. The first-order valence-corrected chi connectivity index (χ1v) is 11.0. The van der Waals surface area contributed by atoms with Gasteiger partial charge in [-0.15, -0.1) is 0 Å². The maximum atomic E-state index is 11.8. The van der Waals surface area contributed by atoms with Crippen molar-refractivity contribution < 1.29 is 24.2 Å². The van der Waals surface area contributed by atoms with Crippen molar-refractivity contribution in [2.75, 3.05) is 39.5 Å². The maximum absolute atomic E-state index is 11.8. The molecule has 0 radical (unpaired) electrons. The summed E-state index contributed by atoms with van der Waals surface area (Å²) >= 11 is 0. The largest absolute Gasteiger partial charge is 0.493 e. The minimum Gasteiger partial charge on any atom is -0.493 e. The van der Waals surface area contributed by atoms with Gasteiger partial charge in [-0.1, -0.05) is 30.7 Å². The highest BCUT2D eigenvalue weighted by atomic mass is 16.5. The topological polar surface area (TPSA) is 76.1 Å². The van der Waals surface area contributed by atoms with Gasteiger partial charge in [0.2, 0.25) is 0 Å². The third-order valence-electron chi connectivity index (χ3n) is 5.51. The lowest BCUT2D eigenvalue weighted by Crippen LogP contribution is -2.31. The van der Waals surface area contributed by atoms with Crippen LogP contribution in [0.3, 0.4) is 0 Å². The zero-order valence-corrected chi connectivity index (χ0v) is 17.9. The van der Waals surface area contributed by atoms with Crippen LogP contribution in [-0.4, -0.2) is 62.0 Å². The van der Waals surface area contributed by atoms with Crippen LogP contribution in [0, 0.1) is 0 Å². The van der Waals surface area contributed by atoms with E-state index in [1.54, 1.807) is 30.3 Å². The van der Waals surface area contributed by atoms with Crippen molar-refractivity contribution in [3.05, 3.63) is 47.5 Å². The zero-order valence-electron chi connectivity index (χ0n) is 17.9. The number of hydrogen-bond donors (Lipinski definition) is 1. The van der Waals surface area contributed by atoms with Crippen molar-refractivity contribution in [3.8, 4) is 22.6 Å². The molecule has 0 saturated carbocycles. The smallest absolute Gasteiger partial charge is 0.150 e. The lowest BCUT2D eigenvalue weighted by Gasteiger charge is -2.26. The minimum absolute atomic E-state index is 0.0129. The molecule has 1 aliphatic rings. The van der Waals surface area contributed by atoms with Gasteiger partial charge < -0.3 is 19.5 Å². The molecule has 0 unspecified atom stereocenters. The predicted molar refractivity (Wildman–Crippen MR) is 120 cm³/mol. The SMILES string of the molecule is O=Cc1cccc(OCCCO)c1-c1c(C=O)cccc1OCCCN1CCCCC1. The van der Waals surface area contributed by atoms with Gasteiger partial charge in [-0.25, -0.2) is 0 Å². The van der Waals surface area contributed by atoms with E-state index in [0.717, 1.165) is 38.6 Å². The van der Waals surface area contributed by atoms with Crippen LogP contribution in [0.5, 0.6) is 11.5 Å². The number of nitrogens with zero attached hydrogens (tertiary/aromatic N) is 1. The van der Waals surface area contributed by atoms with Gasteiger partial charge in [0.05, 0.1) is 13.2 Å². The summed E-state index contributed by atoms with van der Waals surface area (Å²) in [5.41, 5.74) is 1.98. The Kier molecular flexibility index (Phi) is 9.06. The average Bonchev–Trinajstić information content (AvgIpc) is 2.82. The van der Waals surface area contributed by atoms with Crippen molar-refractivity contribution in [2.45, 2.75) is 32.1 Å². The van der Waals surface area contributed by atoms with E-state index < -0.39 is 0 Å². The predicted octanol–water partition coefficient (Wildman–Crippen LogP) is 3.99. The average molecular weight is 426 g/mol. The molecule has 2 aromatic rings. The first-order chi connectivity index (χ1) is 15.3. The lowest BCUT2D eigenvalue weighted by molar-refractivity contribution is 0.111. The van der Waals surface area contributed by atoms with Gasteiger partial charge in [0, 0.05) is 41.8 Å². The lowest BCUT2D eigenvalue weighted by atomic mass is 9.94. The van der Waals surface area contributed by atoms with E-state index in [9.17, 15) is 9.59 Å². The molecule has 1 saturated heterocycles. The fourth-order valence-electron chi connectivity index (χ4n) is 3.97. The van der Waals surface area contributed by atoms with Crippen LogP contribution in [-0.2, 0) is 0 Å². The third-order valence-corrected chi connectivity index (χ3v) is 5.51. The van der Waals surface area contributed by atoms with Gasteiger partial charge in [-0.3, -0.25) is 9.59 Å². The van der Waals surface area contributed by atoms with Crippen molar-refractivity contribution in [1.82, 2.24) is 4.90 Å². The summed E-state index contributed by atoms with van der Waals surface area (Å²) in [5.74, 6) is 1.05. The molecule has 0 aromatic heterocycles. The van der Waals surface area contributed by atoms with Crippen molar-refractivity contribution in [1.29, 1.82) is 0 Å². The summed E-state index contributed by atoms with van der Waals surface area (Å²) in [6.45, 7) is 4.12. The van der Waals surface area contributed by atoms with Gasteiger partial charge >= 0.3 is 0 Å². The van der Waals surface area contributed by atoms with Crippen LogP contribution < -0.4 is 9.47 Å². The van der Waals surface area contributed by atoms with E-state index in [1.165, 1.54) is 19.3 Å². The molecule has 1 aliphatic heterocycles. The third kappa shape index (κ3) is 6.15. The highest BCUT2D eigenvalue weighted by molar-refractivity contribution is 5.99. The Labute approximate surface area is 183 Å². The van der Waals surface area contributed by atoms with Crippen molar-refractivity contribution in [2.24, 2.45) is 0 Å². The van der Waals surface area contributed by atoms with Crippen LogP contribution in [0.2, 0.25) is 0 Å². The molecule has 1 N–H and O–H groups in total. The standard InChI is InChI=1S/C25H31NO5/c27-15-7-17-31-23-11-5-9-21(19-29)25(23)24-20(18-28)8-4-10-22(24)30-16-6-14-26-12-2-1-3-13-26/h4-5,8-11,18-19,27H,1-3,6-7,12-17H2. The molecule has 1 heterocycles. The molecule has 166 valence electrons. The van der Waals surface area contributed by atoms with Crippen LogP contribution in [0.15, 0.2) is 36.4 Å². The number of carbonyl (C=O) groups is 2. The number of aliphatic hydroxyl groups is 1. The monoisotopic (exact) mass is 425 g/mol. The molecule has 2 aromatic carbocycles. The normalized spacial score (nSPS) is 14.2. The summed E-state index contributed by atoms with van der Waals surface area (Å²) in [6.07, 6.45) is 6.72. The number of rotatable bonds is 12. The molecule has 6 nitrogen and oxygen atoms in total. The summed E-state index contributed by atoms with van der Waals surface area (Å²) in [7, 11) is 0. The Bertz CT molecular complexity index is 861. The number of piperidine rings is 1. The van der Waals surface area contributed by atoms with E-state index >= 15 is 0 Å². The first kappa shape index (κ1) is 23.0. The highest BCUT2D eigenvalue weighted by Gasteiger charge is 2.20. The van der Waals surface area contributed by atoms with E-state index in [2.05, 4.69) is 4.90 Å². The molecule has 6 heteroatoms. The van der Waals surface area contributed by atoms with E-state index in [-0.39, 0.29) is 6.61 Å². The van der Waals surface area contributed by atoms with Crippen LogP contribution in [0.1, 0.15) is 52.8 Å². The number of likely N-dealkylation sites (tertiary alicyclic amines) is 1. The Morgan fingerprint density at radius 3 is 1.87 bits per heavy atom. The number of aliphatic hydroxyl groups excluding tert-OH is 1. The summed E-state index contributed by atoms with van der Waals surface area (Å²) in [5, 5.41) is 9.07. The van der Waals surface area contributed by atoms with Gasteiger partial charge in [0.1, 0.15) is 11.5 Å². The molecular weight excluding hydrogens is 394 g/mol. The Balaban J connectivity index is 1.84. The molecule has 31 heavy (non-hydrogen) atoms. The quantitative estimate of drug-likeness (QED) is 0.409. The molecule has 1 fully saturated rings. The fourth-order valence-corrected chi connectivity index (χ4v) is 3.97. The number of benzene rings is 2. The minimum atomic E-state index is 0.0129. The Hall–Kier alpha value is -2.70. The summed E-state index contributed by atoms with van der Waals surface area (Å²) in [6, 6.07) is 10.5. The molecule has 0 bridgehead atoms. The molecule has 0 amide bonds. The van der Waals surface area contributed by atoms with Crippen LogP contribution in [0.4, 0.5) is 0 Å². The number of hydrogen-bond acceptors (Lipinski definition) is 6.